The number of nitrogens with zero attached hydrogens (tertiary/aromatic N) is 3. The van der Waals surface area contributed by atoms with Crippen molar-refractivity contribution in [2.45, 2.75) is 18.5 Å². The van der Waals surface area contributed by atoms with Crippen LogP contribution >= 0.6 is 11.8 Å². The third-order valence-corrected chi connectivity index (χ3v) is 3.67. The van der Waals surface area contributed by atoms with E-state index in [4.69, 9.17) is 10.8 Å². The van der Waals surface area contributed by atoms with Gasteiger partial charge in [-0.15, -0.1) is 10.2 Å². The maximum Gasteiger partial charge on any atom is 0.313 e. The van der Waals surface area contributed by atoms with E-state index >= 15 is 0 Å². The van der Waals surface area contributed by atoms with Gasteiger partial charge in [-0.1, -0.05) is 18.7 Å². The van der Waals surface area contributed by atoms with Gasteiger partial charge in [-0.2, -0.15) is 0 Å². The number of aryl methyl sites for hydroxylation is 1. The van der Waals surface area contributed by atoms with Gasteiger partial charge in [0.15, 0.2) is 5.16 Å². The Balaban J connectivity index is 2.38. The van der Waals surface area contributed by atoms with Crippen LogP contribution in [0.25, 0.3) is 5.69 Å². The average Bonchev–Trinajstić information content (AvgIpc) is 2.88. The fourth-order valence-electron chi connectivity index (χ4n) is 1.78. The summed E-state index contributed by atoms with van der Waals surface area (Å²) in [5.74, 6) is -0.797. The van der Waals surface area contributed by atoms with Crippen molar-refractivity contribution < 1.29 is 14.7 Å². The van der Waals surface area contributed by atoms with Gasteiger partial charge in [-0.3, -0.25) is 14.2 Å². The summed E-state index contributed by atoms with van der Waals surface area (Å²) in [5, 5.41) is 17.3. The van der Waals surface area contributed by atoms with Crippen molar-refractivity contribution in [2.75, 3.05) is 5.75 Å². The van der Waals surface area contributed by atoms with Crippen LogP contribution in [0.4, 0.5) is 0 Å². The van der Waals surface area contributed by atoms with Crippen LogP contribution < -0.4 is 5.73 Å². The van der Waals surface area contributed by atoms with E-state index in [1.165, 1.54) is 0 Å². The summed E-state index contributed by atoms with van der Waals surface area (Å²) in [6.07, 6.45) is 0.651. The summed E-state index contributed by atoms with van der Waals surface area (Å²) in [6.45, 7) is 1.93. The Morgan fingerprint density at radius 1 is 1.29 bits per heavy atom. The lowest BCUT2D eigenvalue weighted by Crippen LogP contribution is -2.11. The Labute approximate surface area is 125 Å². The van der Waals surface area contributed by atoms with Crippen LogP contribution in [-0.4, -0.2) is 37.5 Å². The van der Waals surface area contributed by atoms with Crippen LogP contribution in [0.15, 0.2) is 29.4 Å². The molecule has 3 N–H and O–H groups in total. The Bertz CT molecular complexity index is 667. The van der Waals surface area contributed by atoms with Crippen molar-refractivity contribution in [3.8, 4) is 5.69 Å². The van der Waals surface area contributed by atoms with Crippen LogP contribution in [0.5, 0.6) is 0 Å². The number of thioether (sulfide) groups is 1. The summed E-state index contributed by atoms with van der Waals surface area (Å²) in [6, 6.07) is 6.69. The summed E-state index contributed by atoms with van der Waals surface area (Å²) in [7, 11) is 0. The number of primary amides is 1. The Kier molecular flexibility index (Phi) is 4.59. The van der Waals surface area contributed by atoms with Gasteiger partial charge in [0.05, 0.1) is 5.75 Å². The van der Waals surface area contributed by atoms with Gasteiger partial charge in [0.2, 0.25) is 5.91 Å². The molecule has 1 aromatic carbocycles. The largest absolute Gasteiger partial charge is 0.481 e. The Morgan fingerprint density at radius 3 is 2.48 bits per heavy atom. The first-order valence-electron chi connectivity index (χ1n) is 6.22. The molecular weight excluding hydrogens is 292 g/mol. The minimum absolute atomic E-state index is 0.0960. The van der Waals surface area contributed by atoms with E-state index in [1.54, 1.807) is 28.8 Å². The quantitative estimate of drug-likeness (QED) is 0.773. The zero-order chi connectivity index (χ0) is 15.4. The van der Waals surface area contributed by atoms with Gasteiger partial charge >= 0.3 is 5.97 Å². The topological polar surface area (TPSA) is 111 Å². The third-order valence-electron chi connectivity index (χ3n) is 2.75. The van der Waals surface area contributed by atoms with Crippen molar-refractivity contribution in [3.05, 3.63) is 35.7 Å². The highest BCUT2D eigenvalue weighted by Gasteiger charge is 2.14. The molecule has 0 saturated heterocycles. The number of benzene rings is 1. The number of rotatable bonds is 6. The van der Waals surface area contributed by atoms with Gasteiger partial charge in [-0.25, -0.2) is 0 Å². The highest BCUT2D eigenvalue weighted by Crippen LogP contribution is 2.22. The Hall–Kier alpha value is -2.35. The second-order valence-electron chi connectivity index (χ2n) is 4.18. The van der Waals surface area contributed by atoms with Crippen LogP contribution in [0.2, 0.25) is 0 Å². The summed E-state index contributed by atoms with van der Waals surface area (Å²) < 4.78 is 1.78. The molecule has 1 amide bonds. The minimum atomic E-state index is -0.920. The number of carboxylic acid groups (broad SMARTS) is 1. The molecule has 110 valence electrons. The number of aliphatic carboxylic acids is 1. The molecule has 21 heavy (non-hydrogen) atoms. The number of carbonyl (C=O) groups excluding carboxylic acids is 1. The molecule has 0 bridgehead atoms. The summed E-state index contributed by atoms with van der Waals surface area (Å²) in [4.78, 5) is 21.8. The highest BCUT2D eigenvalue weighted by atomic mass is 32.2. The van der Waals surface area contributed by atoms with Crippen LogP contribution in [0.1, 0.15) is 23.1 Å². The van der Waals surface area contributed by atoms with Crippen LogP contribution in [-0.2, 0) is 11.2 Å². The lowest BCUT2D eigenvalue weighted by molar-refractivity contribution is -0.133. The Morgan fingerprint density at radius 2 is 1.95 bits per heavy atom. The van der Waals surface area contributed by atoms with E-state index in [9.17, 15) is 9.59 Å². The number of hydrogen-bond acceptors (Lipinski definition) is 5. The van der Waals surface area contributed by atoms with Gasteiger partial charge in [0, 0.05) is 17.7 Å². The lowest BCUT2D eigenvalue weighted by Gasteiger charge is -2.09. The first-order valence-corrected chi connectivity index (χ1v) is 7.20. The molecule has 2 rings (SSSR count). The van der Waals surface area contributed by atoms with Crippen molar-refractivity contribution in [1.82, 2.24) is 14.8 Å². The average molecular weight is 306 g/mol. The highest BCUT2D eigenvalue weighted by molar-refractivity contribution is 7.99. The molecule has 2 aromatic rings. The molecule has 0 aliphatic carbocycles. The van der Waals surface area contributed by atoms with E-state index in [2.05, 4.69) is 10.2 Å². The van der Waals surface area contributed by atoms with Crippen molar-refractivity contribution in [3.63, 3.8) is 0 Å². The number of carboxylic acids is 1. The number of nitrogens with two attached hydrogens (primary N) is 1. The van der Waals surface area contributed by atoms with E-state index < -0.39 is 11.9 Å². The molecule has 8 heteroatoms. The van der Waals surface area contributed by atoms with E-state index in [-0.39, 0.29) is 5.75 Å². The number of carbonyl (C=O) groups is 2. The van der Waals surface area contributed by atoms with E-state index in [1.807, 2.05) is 6.92 Å². The van der Waals surface area contributed by atoms with Crippen molar-refractivity contribution >= 4 is 23.6 Å². The van der Waals surface area contributed by atoms with Gasteiger partial charge < -0.3 is 10.8 Å². The fourth-order valence-corrected chi connectivity index (χ4v) is 2.47. The van der Waals surface area contributed by atoms with Crippen LogP contribution in [0.3, 0.4) is 0 Å². The number of hydrogen-bond donors (Lipinski definition) is 2. The molecule has 0 atom stereocenters. The fraction of sp³-hybridized carbons (Fsp3) is 0.231. The zero-order valence-electron chi connectivity index (χ0n) is 11.3. The van der Waals surface area contributed by atoms with Crippen LogP contribution in [0, 0.1) is 0 Å². The standard InChI is InChI=1S/C13H14N4O3S/c1-2-10-15-16-13(21-7-11(18)19)17(10)9-5-3-8(4-6-9)12(14)20/h3-6H,2,7H2,1H3,(H2,14,20)(H,18,19). The number of aromatic nitrogens is 3. The molecule has 0 radical (unpaired) electrons. The zero-order valence-corrected chi connectivity index (χ0v) is 12.1. The first kappa shape index (κ1) is 15.0. The summed E-state index contributed by atoms with van der Waals surface area (Å²) >= 11 is 1.09. The maximum atomic E-state index is 11.1. The normalized spacial score (nSPS) is 10.5. The first-order chi connectivity index (χ1) is 10.0. The second-order valence-corrected chi connectivity index (χ2v) is 5.12. The maximum absolute atomic E-state index is 11.1. The molecule has 0 spiro atoms. The molecule has 0 aliphatic heterocycles. The smallest absolute Gasteiger partial charge is 0.313 e. The predicted molar refractivity (Wildman–Crippen MR) is 77.6 cm³/mol. The molecular formula is C13H14N4O3S. The predicted octanol–water partition coefficient (Wildman–Crippen LogP) is 1.11. The molecule has 0 fully saturated rings. The molecule has 0 saturated carbocycles. The van der Waals surface area contributed by atoms with Gasteiger partial charge in [-0.05, 0) is 24.3 Å². The lowest BCUT2D eigenvalue weighted by atomic mass is 10.2. The van der Waals surface area contributed by atoms with E-state index in [0.29, 0.717) is 17.1 Å². The summed E-state index contributed by atoms with van der Waals surface area (Å²) in [5.41, 5.74) is 6.38. The minimum Gasteiger partial charge on any atom is -0.481 e. The van der Waals surface area contributed by atoms with Crippen molar-refractivity contribution in [2.24, 2.45) is 5.73 Å². The number of amides is 1. The molecule has 0 unspecified atom stereocenters. The third kappa shape index (κ3) is 3.40. The molecule has 0 aliphatic rings. The monoisotopic (exact) mass is 306 g/mol. The van der Waals surface area contributed by atoms with E-state index in [0.717, 1.165) is 23.3 Å². The van der Waals surface area contributed by atoms with Gasteiger partial charge in [0.25, 0.3) is 0 Å². The van der Waals surface area contributed by atoms with Crippen molar-refractivity contribution in [1.29, 1.82) is 0 Å². The SMILES string of the molecule is CCc1nnc(SCC(=O)O)n1-c1ccc(C(N)=O)cc1. The molecule has 1 aromatic heterocycles. The second kappa shape index (κ2) is 6.40. The molecule has 7 nitrogen and oxygen atoms in total. The molecule has 1 heterocycles. The van der Waals surface area contributed by atoms with Gasteiger partial charge in [0.1, 0.15) is 5.82 Å².